The lowest BCUT2D eigenvalue weighted by Gasteiger charge is -2.26. The molecule has 0 atom stereocenters. The van der Waals surface area contributed by atoms with Crippen molar-refractivity contribution in [2.24, 2.45) is 0 Å². The molecule has 5 aromatic rings. The van der Waals surface area contributed by atoms with Crippen LogP contribution in [0.4, 0.5) is 0 Å². The zero-order valence-electron chi connectivity index (χ0n) is 21.4. The van der Waals surface area contributed by atoms with Gasteiger partial charge in [-0.05, 0) is 59.2 Å². The topological polar surface area (TPSA) is 63.7 Å². The van der Waals surface area contributed by atoms with Gasteiger partial charge in [-0.2, -0.15) is 0 Å². The van der Waals surface area contributed by atoms with Crippen molar-refractivity contribution in [3.05, 3.63) is 156 Å². The van der Waals surface area contributed by atoms with E-state index in [4.69, 9.17) is 4.74 Å². The van der Waals surface area contributed by atoms with Crippen LogP contribution in [-0.4, -0.2) is 18.7 Å². The van der Waals surface area contributed by atoms with Crippen LogP contribution in [0.25, 0.3) is 16.8 Å². The Morgan fingerprint density at radius 2 is 1.36 bits per heavy atom. The highest BCUT2D eigenvalue weighted by Crippen LogP contribution is 2.27. The second-order valence-electron chi connectivity index (χ2n) is 9.16. The Kier molecular flexibility index (Phi) is 7.57. The van der Waals surface area contributed by atoms with E-state index < -0.39 is 16.0 Å². The summed E-state index contributed by atoms with van der Waals surface area (Å²) in [7, 11) is -4.12. The molecule has 0 saturated heterocycles. The van der Waals surface area contributed by atoms with Gasteiger partial charge in [-0.1, -0.05) is 103 Å². The molecule has 5 rings (SSSR count). The van der Waals surface area contributed by atoms with Gasteiger partial charge in [-0.3, -0.25) is 0 Å². The zero-order chi connectivity index (χ0) is 27.2. The van der Waals surface area contributed by atoms with Crippen LogP contribution < -0.4 is 0 Å². The Balaban J connectivity index is 1.66. The molecule has 0 bridgehead atoms. The standard InChI is InChI=1S/C33H27NO4S/c1-25-16-20-31(21-17-25)39(36,37)34(24-26-10-4-2-5-11-26)32(38-33(35)29-13-6-3-7-14-29)23-27-18-19-28-12-8-9-15-30(28)22-27/h2-23H,24H2,1H3/b32-23+. The number of hydrogen-bond donors (Lipinski definition) is 0. The Morgan fingerprint density at radius 3 is 2.05 bits per heavy atom. The van der Waals surface area contributed by atoms with Crippen LogP contribution in [0.5, 0.6) is 0 Å². The molecule has 0 unspecified atom stereocenters. The summed E-state index contributed by atoms with van der Waals surface area (Å²) >= 11 is 0. The second kappa shape index (κ2) is 11.4. The summed E-state index contributed by atoms with van der Waals surface area (Å²) in [6.07, 6.45) is 1.60. The molecule has 0 amide bonds. The molecule has 0 radical (unpaired) electrons. The highest BCUT2D eigenvalue weighted by atomic mass is 32.2. The van der Waals surface area contributed by atoms with Crippen molar-refractivity contribution in [2.75, 3.05) is 0 Å². The smallest absolute Gasteiger partial charge is 0.344 e. The minimum atomic E-state index is -4.12. The Labute approximate surface area is 228 Å². The molecule has 0 heterocycles. The van der Waals surface area contributed by atoms with Crippen LogP contribution in [-0.2, 0) is 21.3 Å². The number of sulfonamides is 1. The number of aryl methyl sites for hydroxylation is 1. The van der Waals surface area contributed by atoms with Gasteiger partial charge in [-0.25, -0.2) is 17.5 Å². The summed E-state index contributed by atoms with van der Waals surface area (Å²) in [6.45, 7) is 1.86. The van der Waals surface area contributed by atoms with Gasteiger partial charge in [0.05, 0.1) is 17.0 Å². The van der Waals surface area contributed by atoms with Crippen molar-refractivity contribution in [2.45, 2.75) is 18.4 Å². The van der Waals surface area contributed by atoms with Crippen molar-refractivity contribution in [1.82, 2.24) is 4.31 Å². The molecule has 194 valence electrons. The van der Waals surface area contributed by atoms with Crippen molar-refractivity contribution in [3.8, 4) is 0 Å². The average Bonchev–Trinajstić information content (AvgIpc) is 2.96. The molecule has 0 aliphatic carbocycles. The molecule has 0 saturated carbocycles. The third-order valence-corrected chi connectivity index (χ3v) is 8.05. The van der Waals surface area contributed by atoms with Gasteiger partial charge in [0.2, 0.25) is 5.88 Å². The fourth-order valence-corrected chi connectivity index (χ4v) is 5.57. The van der Waals surface area contributed by atoms with Gasteiger partial charge in [0.1, 0.15) is 0 Å². The maximum atomic E-state index is 14.1. The van der Waals surface area contributed by atoms with Gasteiger partial charge >= 0.3 is 5.97 Å². The lowest BCUT2D eigenvalue weighted by Crippen LogP contribution is -2.32. The first-order chi connectivity index (χ1) is 18.9. The zero-order valence-corrected chi connectivity index (χ0v) is 22.2. The first kappa shape index (κ1) is 25.9. The van der Waals surface area contributed by atoms with E-state index in [2.05, 4.69) is 0 Å². The van der Waals surface area contributed by atoms with Crippen LogP contribution in [0, 0.1) is 6.92 Å². The molecule has 6 heteroatoms. The number of nitrogens with zero attached hydrogens (tertiary/aromatic N) is 1. The summed E-state index contributed by atoms with van der Waals surface area (Å²) in [5.41, 5.74) is 2.69. The Morgan fingerprint density at radius 1 is 0.744 bits per heavy atom. The normalized spacial score (nSPS) is 11.8. The number of esters is 1. The van der Waals surface area contributed by atoms with E-state index in [-0.39, 0.29) is 17.3 Å². The highest BCUT2D eigenvalue weighted by Gasteiger charge is 2.30. The quantitative estimate of drug-likeness (QED) is 0.156. The first-order valence-corrected chi connectivity index (χ1v) is 14.0. The van der Waals surface area contributed by atoms with E-state index >= 15 is 0 Å². The molecule has 0 spiro atoms. The Hall–Kier alpha value is -4.68. The largest absolute Gasteiger partial charge is 0.405 e. The van der Waals surface area contributed by atoms with E-state index in [1.165, 1.54) is 0 Å². The summed E-state index contributed by atoms with van der Waals surface area (Å²) < 4.78 is 35.3. The van der Waals surface area contributed by atoms with E-state index in [9.17, 15) is 13.2 Å². The van der Waals surface area contributed by atoms with E-state index in [1.54, 1.807) is 60.7 Å². The monoisotopic (exact) mass is 533 g/mol. The van der Waals surface area contributed by atoms with Crippen molar-refractivity contribution in [1.29, 1.82) is 0 Å². The third kappa shape index (κ3) is 6.08. The van der Waals surface area contributed by atoms with Crippen molar-refractivity contribution in [3.63, 3.8) is 0 Å². The van der Waals surface area contributed by atoms with Crippen LogP contribution in [0.1, 0.15) is 27.0 Å². The van der Waals surface area contributed by atoms with Crippen LogP contribution in [0.2, 0.25) is 0 Å². The lowest BCUT2D eigenvalue weighted by atomic mass is 10.1. The third-order valence-electron chi connectivity index (χ3n) is 6.29. The first-order valence-electron chi connectivity index (χ1n) is 12.5. The predicted octanol–water partition coefficient (Wildman–Crippen LogP) is 7.19. The molecule has 0 aliphatic rings. The lowest BCUT2D eigenvalue weighted by molar-refractivity contribution is 0.0561. The number of hydrogen-bond acceptors (Lipinski definition) is 4. The Bertz CT molecular complexity index is 1730. The van der Waals surface area contributed by atoms with Crippen molar-refractivity contribution < 1.29 is 17.9 Å². The van der Waals surface area contributed by atoms with Crippen LogP contribution in [0.15, 0.2) is 138 Å². The molecular weight excluding hydrogens is 506 g/mol. The molecular formula is C33H27NO4S. The summed E-state index contributed by atoms with van der Waals surface area (Å²) in [5.74, 6) is -0.747. The number of carbonyl (C=O) groups excluding carboxylic acids is 1. The molecule has 0 aromatic heterocycles. The van der Waals surface area contributed by atoms with Crippen molar-refractivity contribution >= 4 is 32.8 Å². The fraction of sp³-hybridized carbons (Fsp3) is 0.0606. The molecule has 5 nitrogen and oxygen atoms in total. The van der Waals surface area contributed by atoms with E-state index in [0.717, 1.165) is 26.2 Å². The summed E-state index contributed by atoms with van der Waals surface area (Å²) in [6, 6.07) is 38.0. The number of benzene rings is 5. The molecule has 39 heavy (non-hydrogen) atoms. The molecule has 0 aliphatic heterocycles. The summed E-state index contributed by atoms with van der Waals surface area (Å²) in [4.78, 5) is 13.3. The van der Waals surface area contributed by atoms with Gasteiger partial charge in [-0.15, -0.1) is 0 Å². The van der Waals surface area contributed by atoms with Crippen LogP contribution >= 0.6 is 0 Å². The van der Waals surface area contributed by atoms with E-state index in [1.807, 2.05) is 79.7 Å². The number of fused-ring (bicyclic) bond motifs is 1. The molecule has 0 N–H and O–H groups in total. The number of ether oxygens (including phenoxy) is 1. The second-order valence-corrected chi connectivity index (χ2v) is 11.0. The maximum absolute atomic E-state index is 14.1. The van der Waals surface area contributed by atoms with Gasteiger partial charge in [0, 0.05) is 6.08 Å². The fourth-order valence-electron chi connectivity index (χ4n) is 4.19. The molecule has 5 aromatic carbocycles. The number of carbonyl (C=O) groups is 1. The van der Waals surface area contributed by atoms with Gasteiger partial charge in [0.15, 0.2) is 0 Å². The van der Waals surface area contributed by atoms with Gasteiger partial charge in [0.25, 0.3) is 10.0 Å². The minimum Gasteiger partial charge on any atom is -0.405 e. The van der Waals surface area contributed by atoms with Crippen LogP contribution in [0.3, 0.4) is 0 Å². The predicted molar refractivity (Wildman–Crippen MR) is 154 cm³/mol. The minimum absolute atomic E-state index is 0.0292. The SMILES string of the molecule is Cc1ccc(S(=O)(=O)N(Cc2ccccc2)/C(=C\c2ccc3ccccc3c2)OC(=O)c2ccccc2)cc1. The highest BCUT2D eigenvalue weighted by molar-refractivity contribution is 7.89. The van der Waals surface area contributed by atoms with Gasteiger partial charge < -0.3 is 4.74 Å². The van der Waals surface area contributed by atoms with E-state index in [0.29, 0.717) is 11.1 Å². The number of rotatable bonds is 8. The molecule has 0 fully saturated rings. The maximum Gasteiger partial charge on any atom is 0.344 e. The summed E-state index contributed by atoms with van der Waals surface area (Å²) in [5, 5.41) is 2.03. The average molecular weight is 534 g/mol.